The molecule has 0 aliphatic carbocycles. The van der Waals surface area contributed by atoms with Crippen LogP contribution in [0.15, 0.2) is 24.5 Å². The Kier molecular flexibility index (Phi) is 3.86. The molecule has 0 amide bonds. The minimum Gasteiger partial charge on any atom is -0.377 e. The van der Waals surface area contributed by atoms with Crippen molar-refractivity contribution in [2.45, 2.75) is 19.9 Å². The summed E-state index contributed by atoms with van der Waals surface area (Å²) in [5.74, 6) is 1.59. The number of nitrogens with zero attached hydrogens (tertiary/aromatic N) is 8. The van der Waals surface area contributed by atoms with Crippen molar-refractivity contribution in [3.05, 3.63) is 30.2 Å². The number of nitrogens with one attached hydrogen (secondary N) is 1. The summed E-state index contributed by atoms with van der Waals surface area (Å²) in [7, 11) is 1.90. The normalized spacial score (nSPS) is 17.5. The smallest absolute Gasteiger partial charge is 0.179 e. The number of anilines is 1. The van der Waals surface area contributed by atoms with E-state index in [9.17, 15) is 0 Å². The van der Waals surface area contributed by atoms with E-state index in [0.717, 1.165) is 40.5 Å². The molecule has 5 heterocycles. The second kappa shape index (κ2) is 6.41. The van der Waals surface area contributed by atoms with E-state index in [4.69, 9.17) is 9.84 Å². The topological polar surface area (TPSA) is 102 Å². The van der Waals surface area contributed by atoms with E-state index >= 15 is 0 Å². The van der Waals surface area contributed by atoms with E-state index in [0.29, 0.717) is 19.0 Å². The average Bonchev–Trinajstić information content (AvgIpc) is 3.42. The summed E-state index contributed by atoms with van der Waals surface area (Å²) < 4.78 is 9.26. The number of ether oxygens (including phenoxy) is 1. The van der Waals surface area contributed by atoms with Gasteiger partial charge >= 0.3 is 0 Å². The molecular formula is C18H21N9O. The maximum atomic E-state index is 5.60. The fourth-order valence-electron chi connectivity index (χ4n) is 3.76. The number of fused-ring (bicyclic) bond motifs is 1. The molecule has 4 aromatic heterocycles. The van der Waals surface area contributed by atoms with E-state index in [-0.39, 0.29) is 6.04 Å². The fourth-order valence-corrected chi connectivity index (χ4v) is 3.76. The van der Waals surface area contributed by atoms with Gasteiger partial charge in [0.05, 0.1) is 42.4 Å². The third kappa shape index (κ3) is 2.56. The van der Waals surface area contributed by atoms with E-state index in [1.165, 1.54) is 0 Å². The molecule has 0 spiro atoms. The number of aromatic nitrogens is 8. The predicted octanol–water partition coefficient (Wildman–Crippen LogP) is 1.45. The number of imidazole rings is 1. The first kappa shape index (κ1) is 16.9. The van der Waals surface area contributed by atoms with Crippen LogP contribution in [-0.4, -0.2) is 65.6 Å². The molecule has 10 nitrogen and oxygen atoms in total. The highest BCUT2D eigenvalue weighted by atomic mass is 16.5. The first-order valence-corrected chi connectivity index (χ1v) is 9.23. The molecule has 0 radical (unpaired) electrons. The van der Waals surface area contributed by atoms with Gasteiger partial charge in [-0.3, -0.25) is 5.10 Å². The van der Waals surface area contributed by atoms with Crippen LogP contribution in [0.3, 0.4) is 0 Å². The van der Waals surface area contributed by atoms with E-state index in [1.807, 2.05) is 30.8 Å². The van der Waals surface area contributed by atoms with E-state index < -0.39 is 0 Å². The first-order chi connectivity index (χ1) is 13.6. The van der Waals surface area contributed by atoms with Crippen molar-refractivity contribution in [3.63, 3.8) is 0 Å². The van der Waals surface area contributed by atoms with Crippen LogP contribution >= 0.6 is 0 Å². The van der Waals surface area contributed by atoms with Crippen LogP contribution in [0.2, 0.25) is 0 Å². The summed E-state index contributed by atoms with van der Waals surface area (Å²) in [6.45, 7) is 6.26. The molecule has 0 unspecified atom stereocenters. The van der Waals surface area contributed by atoms with Gasteiger partial charge in [0.1, 0.15) is 5.69 Å². The van der Waals surface area contributed by atoms with Crippen molar-refractivity contribution < 1.29 is 4.74 Å². The van der Waals surface area contributed by atoms with Crippen LogP contribution in [0.1, 0.15) is 12.6 Å². The Morgan fingerprint density at radius 2 is 2.21 bits per heavy atom. The van der Waals surface area contributed by atoms with Crippen molar-refractivity contribution in [2.24, 2.45) is 7.05 Å². The van der Waals surface area contributed by atoms with Gasteiger partial charge in [-0.25, -0.2) is 14.2 Å². The Morgan fingerprint density at radius 3 is 2.93 bits per heavy atom. The Hall–Kier alpha value is -3.27. The summed E-state index contributed by atoms with van der Waals surface area (Å²) in [5, 5.41) is 20.4. The molecule has 0 saturated carbocycles. The molecule has 1 N–H and O–H groups in total. The van der Waals surface area contributed by atoms with Crippen LogP contribution in [0.25, 0.3) is 28.3 Å². The third-order valence-corrected chi connectivity index (χ3v) is 5.14. The SMILES string of the molecule is Cc1nnn(C)c1-c1cc(N2CCOC[C@H]2C)nn2c(-c3ccn[nH]3)ncc12. The van der Waals surface area contributed by atoms with Crippen LogP contribution in [-0.2, 0) is 11.8 Å². The number of aromatic amines is 1. The van der Waals surface area contributed by atoms with Gasteiger partial charge in [0.2, 0.25) is 0 Å². The summed E-state index contributed by atoms with van der Waals surface area (Å²) in [6.07, 6.45) is 3.54. The van der Waals surface area contributed by atoms with Gasteiger partial charge in [-0.1, -0.05) is 5.21 Å². The molecular weight excluding hydrogens is 358 g/mol. The lowest BCUT2D eigenvalue weighted by molar-refractivity contribution is 0.0984. The van der Waals surface area contributed by atoms with Crippen LogP contribution in [0.5, 0.6) is 0 Å². The molecule has 144 valence electrons. The van der Waals surface area contributed by atoms with Crippen molar-refractivity contribution in [1.82, 2.24) is 39.8 Å². The summed E-state index contributed by atoms with van der Waals surface area (Å²) >= 11 is 0. The zero-order chi connectivity index (χ0) is 19.3. The van der Waals surface area contributed by atoms with Crippen molar-refractivity contribution in [2.75, 3.05) is 24.7 Å². The lowest BCUT2D eigenvalue weighted by atomic mass is 10.1. The second-order valence-electron chi connectivity index (χ2n) is 7.03. The summed E-state index contributed by atoms with van der Waals surface area (Å²) in [6, 6.07) is 4.22. The number of H-pyrrole nitrogens is 1. The Bertz CT molecular complexity index is 1110. The highest BCUT2D eigenvalue weighted by Gasteiger charge is 2.25. The van der Waals surface area contributed by atoms with Crippen molar-refractivity contribution >= 4 is 11.3 Å². The van der Waals surface area contributed by atoms with Gasteiger partial charge < -0.3 is 9.64 Å². The zero-order valence-corrected chi connectivity index (χ0v) is 16.0. The molecule has 4 aromatic rings. The molecule has 0 aromatic carbocycles. The van der Waals surface area contributed by atoms with Gasteiger partial charge in [-0.05, 0) is 26.0 Å². The Balaban J connectivity index is 1.78. The lowest BCUT2D eigenvalue weighted by Gasteiger charge is -2.34. The maximum Gasteiger partial charge on any atom is 0.179 e. The second-order valence-corrected chi connectivity index (χ2v) is 7.03. The standard InChI is InChI=1S/C18H21N9O/c1-11-10-28-7-6-26(11)16-8-13(17-12(2)21-24-25(17)3)15-9-19-18(27(15)23-16)14-4-5-20-22-14/h4-5,8-9,11H,6-7,10H2,1-3H3,(H,20,22)/t11-/m1/s1. The van der Waals surface area contributed by atoms with Crippen molar-refractivity contribution in [1.29, 1.82) is 0 Å². The van der Waals surface area contributed by atoms with Crippen LogP contribution in [0.4, 0.5) is 5.82 Å². The predicted molar refractivity (Wildman–Crippen MR) is 103 cm³/mol. The maximum absolute atomic E-state index is 5.60. The summed E-state index contributed by atoms with van der Waals surface area (Å²) in [5.41, 5.74) is 4.51. The number of morpholine rings is 1. The highest BCUT2D eigenvalue weighted by Crippen LogP contribution is 2.32. The zero-order valence-electron chi connectivity index (χ0n) is 16.0. The lowest BCUT2D eigenvalue weighted by Crippen LogP contribution is -2.44. The quantitative estimate of drug-likeness (QED) is 0.575. The molecule has 1 atom stereocenters. The molecule has 1 fully saturated rings. The van der Waals surface area contributed by atoms with Gasteiger partial charge in [0.25, 0.3) is 0 Å². The van der Waals surface area contributed by atoms with E-state index in [2.05, 4.69) is 43.4 Å². The fraction of sp³-hybridized carbons (Fsp3) is 0.389. The summed E-state index contributed by atoms with van der Waals surface area (Å²) in [4.78, 5) is 6.88. The largest absolute Gasteiger partial charge is 0.377 e. The van der Waals surface area contributed by atoms with Gasteiger partial charge in [-0.2, -0.15) is 5.10 Å². The van der Waals surface area contributed by atoms with Gasteiger partial charge in [0, 0.05) is 25.4 Å². The average molecular weight is 379 g/mol. The number of rotatable bonds is 3. The number of aryl methyl sites for hydroxylation is 2. The molecule has 0 bridgehead atoms. The molecule has 10 heteroatoms. The first-order valence-electron chi connectivity index (χ1n) is 9.23. The van der Waals surface area contributed by atoms with Gasteiger partial charge in [-0.15, -0.1) is 10.2 Å². The Labute approximate surface area is 161 Å². The molecule has 1 saturated heterocycles. The van der Waals surface area contributed by atoms with E-state index in [1.54, 1.807) is 10.9 Å². The molecule has 1 aliphatic heterocycles. The third-order valence-electron chi connectivity index (χ3n) is 5.14. The monoisotopic (exact) mass is 379 g/mol. The number of hydrogen-bond donors (Lipinski definition) is 1. The Morgan fingerprint density at radius 1 is 1.32 bits per heavy atom. The minimum atomic E-state index is 0.233. The van der Waals surface area contributed by atoms with Crippen LogP contribution < -0.4 is 4.90 Å². The molecule has 28 heavy (non-hydrogen) atoms. The molecule has 5 rings (SSSR count). The molecule has 1 aliphatic rings. The minimum absolute atomic E-state index is 0.233. The number of hydrogen-bond acceptors (Lipinski definition) is 7. The van der Waals surface area contributed by atoms with Gasteiger partial charge in [0.15, 0.2) is 11.6 Å². The highest BCUT2D eigenvalue weighted by molar-refractivity contribution is 5.82. The van der Waals surface area contributed by atoms with Crippen molar-refractivity contribution in [3.8, 4) is 22.8 Å². The van der Waals surface area contributed by atoms with Crippen LogP contribution in [0, 0.1) is 6.92 Å².